The Kier molecular flexibility index (Phi) is 3.96. The van der Waals surface area contributed by atoms with Gasteiger partial charge in [-0.15, -0.1) is 16.4 Å². The van der Waals surface area contributed by atoms with Crippen molar-refractivity contribution in [1.82, 2.24) is 9.58 Å². The maximum absolute atomic E-state index is 12.4. The summed E-state index contributed by atoms with van der Waals surface area (Å²) >= 11 is 1.58. The van der Waals surface area contributed by atoms with Crippen LogP contribution in [0.3, 0.4) is 0 Å². The van der Waals surface area contributed by atoms with Crippen molar-refractivity contribution >= 4 is 23.6 Å². The van der Waals surface area contributed by atoms with Gasteiger partial charge in [0.1, 0.15) is 5.70 Å². The van der Waals surface area contributed by atoms with Crippen LogP contribution in [0.5, 0.6) is 0 Å². The summed E-state index contributed by atoms with van der Waals surface area (Å²) in [4.78, 5) is 26.5. The Morgan fingerprint density at radius 2 is 2.12 bits per heavy atom. The van der Waals surface area contributed by atoms with Crippen LogP contribution < -0.4 is 4.68 Å². The summed E-state index contributed by atoms with van der Waals surface area (Å²) in [5, 5.41) is 19.9. The van der Waals surface area contributed by atoms with Crippen LogP contribution in [0.25, 0.3) is 0 Å². The molecule has 0 spiro atoms. The molecular formula is C18H24N3O4S+. The van der Waals surface area contributed by atoms with Crippen molar-refractivity contribution in [1.29, 1.82) is 0 Å². The van der Waals surface area contributed by atoms with Crippen molar-refractivity contribution < 1.29 is 24.5 Å². The molecule has 26 heavy (non-hydrogen) atoms. The molecule has 2 N–H and O–H groups in total. The number of carbonyl (C=O) groups excluding carboxylic acids is 1. The van der Waals surface area contributed by atoms with Crippen LogP contribution in [0.4, 0.5) is 0 Å². The minimum absolute atomic E-state index is 0.0736. The van der Waals surface area contributed by atoms with Crippen molar-refractivity contribution in [3.63, 3.8) is 0 Å². The van der Waals surface area contributed by atoms with Crippen molar-refractivity contribution in [2.45, 2.75) is 58.2 Å². The summed E-state index contributed by atoms with van der Waals surface area (Å²) < 4.78 is 4.46. The maximum atomic E-state index is 12.4. The molecule has 140 valence electrons. The highest BCUT2D eigenvalue weighted by molar-refractivity contribution is 8.03. The normalized spacial score (nSPS) is 31.1. The van der Waals surface area contributed by atoms with E-state index in [2.05, 4.69) is 29.3 Å². The minimum Gasteiger partial charge on any atom is -0.477 e. The highest BCUT2D eigenvalue weighted by Gasteiger charge is 2.60. The molecule has 4 rings (SSSR count). The number of amides is 1. The van der Waals surface area contributed by atoms with E-state index in [0.717, 1.165) is 18.0 Å². The topological polar surface area (TPSA) is 86.7 Å². The number of aliphatic hydroxyl groups is 1. The number of rotatable bonds is 4. The zero-order valence-electron chi connectivity index (χ0n) is 15.3. The number of thioether (sulfide) groups is 1. The number of hydrogen-bond acceptors (Lipinski definition) is 4. The summed E-state index contributed by atoms with van der Waals surface area (Å²) in [6, 6.07) is 1.91. The number of aliphatic carboxylic acids is 1. The molecule has 4 atom stereocenters. The van der Waals surface area contributed by atoms with E-state index < -0.39 is 18.0 Å². The fourth-order valence-corrected chi connectivity index (χ4v) is 6.14. The summed E-state index contributed by atoms with van der Waals surface area (Å²) in [6.45, 7) is 9.38. The van der Waals surface area contributed by atoms with Crippen molar-refractivity contribution in [3.8, 4) is 0 Å². The number of aliphatic hydroxyl groups excluding tert-OH is 1. The van der Waals surface area contributed by atoms with Gasteiger partial charge < -0.3 is 15.1 Å². The predicted molar refractivity (Wildman–Crippen MR) is 95.1 cm³/mol. The first kappa shape index (κ1) is 17.6. The van der Waals surface area contributed by atoms with Crippen LogP contribution in [0, 0.1) is 25.7 Å². The molecule has 0 aromatic carbocycles. The van der Waals surface area contributed by atoms with E-state index in [4.69, 9.17) is 0 Å². The van der Waals surface area contributed by atoms with Crippen LogP contribution in [0.15, 0.2) is 16.7 Å². The van der Waals surface area contributed by atoms with Crippen LogP contribution in [-0.4, -0.2) is 49.1 Å². The molecule has 7 nitrogen and oxygen atoms in total. The van der Waals surface area contributed by atoms with E-state index in [1.165, 1.54) is 16.3 Å². The average molecular weight is 378 g/mol. The molecule has 0 aliphatic carbocycles. The zero-order valence-corrected chi connectivity index (χ0v) is 16.2. The van der Waals surface area contributed by atoms with Crippen molar-refractivity contribution in [3.05, 3.63) is 28.1 Å². The summed E-state index contributed by atoms with van der Waals surface area (Å²) in [7, 11) is 0. The largest absolute Gasteiger partial charge is 0.477 e. The number of aryl methyl sites for hydroxylation is 2. The van der Waals surface area contributed by atoms with E-state index >= 15 is 0 Å². The lowest BCUT2D eigenvalue weighted by molar-refractivity contribution is -0.762. The highest BCUT2D eigenvalue weighted by Crippen LogP contribution is 2.51. The van der Waals surface area contributed by atoms with Gasteiger partial charge in [0, 0.05) is 23.8 Å². The second kappa shape index (κ2) is 5.85. The molecular weight excluding hydrogens is 354 g/mol. The first-order valence-electron chi connectivity index (χ1n) is 8.94. The first-order valence-corrected chi connectivity index (χ1v) is 9.82. The van der Waals surface area contributed by atoms with E-state index in [-0.39, 0.29) is 28.8 Å². The second-order valence-electron chi connectivity index (χ2n) is 7.60. The molecule has 1 amide bonds. The molecule has 0 radical (unpaired) electrons. The highest BCUT2D eigenvalue weighted by atomic mass is 32.2. The standard InChI is InChI=1S/C18H23N3O4S/c1-8-5-9(2)20-7-12(6-19(8)20)26-16-10(3)14-13(11(4)22)17(23)21(14)15(16)18(24)25/h5,10-14,22H,6-7H2,1-4H3/p+1/t10-,11-,13-,14-/m1/s1. The van der Waals surface area contributed by atoms with Gasteiger partial charge in [-0.2, -0.15) is 4.68 Å². The molecule has 4 heterocycles. The molecule has 1 fully saturated rings. The van der Waals surface area contributed by atoms with Gasteiger partial charge in [0.25, 0.3) is 0 Å². The Hall–Kier alpha value is -1.80. The van der Waals surface area contributed by atoms with Crippen LogP contribution >= 0.6 is 11.8 Å². The molecule has 1 aromatic rings. The Morgan fingerprint density at radius 1 is 1.42 bits per heavy atom. The quantitative estimate of drug-likeness (QED) is 0.594. The lowest BCUT2D eigenvalue weighted by Gasteiger charge is -2.46. The lowest BCUT2D eigenvalue weighted by Crippen LogP contribution is -2.63. The molecule has 8 heteroatoms. The molecule has 1 aromatic heterocycles. The molecule has 1 saturated heterocycles. The van der Waals surface area contributed by atoms with Crippen LogP contribution in [0.1, 0.15) is 25.2 Å². The van der Waals surface area contributed by atoms with Gasteiger partial charge in [-0.3, -0.25) is 4.79 Å². The van der Waals surface area contributed by atoms with E-state index in [9.17, 15) is 19.8 Å². The number of carbonyl (C=O) groups is 2. The number of nitrogens with zero attached hydrogens (tertiary/aromatic N) is 3. The van der Waals surface area contributed by atoms with Gasteiger partial charge in [0.05, 0.1) is 35.6 Å². The van der Waals surface area contributed by atoms with Gasteiger partial charge >= 0.3 is 5.97 Å². The third-order valence-electron chi connectivity index (χ3n) is 5.88. The summed E-state index contributed by atoms with van der Waals surface area (Å²) in [6.07, 6.45) is -0.765. The number of aromatic nitrogens is 2. The SMILES string of the molecule is Cc1cc(C)[n+]2n1CC(SC1=C(C(=O)O)N3C(=O)[C@H]([C@@H](C)O)[C@H]3[C@H]1C)C2. The average Bonchev–Trinajstić information content (AvgIpc) is 3.14. The van der Waals surface area contributed by atoms with E-state index in [1.807, 2.05) is 6.92 Å². The lowest BCUT2D eigenvalue weighted by atomic mass is 9.79. The monoisotopic (exact) mass is 378 g/mol. The fraction of sp³-hybridized carbons (Fsp3) is 0.611. The zero-order chi connectivity index (χ0) is 18.9. The summed E-state index contributed by atoms with van der Waals surface area (Å²) in [5.41, 5.74) is 2.51. The van der Waals surface area contributed by atoms with Crippen molar-refractivity contribution in [2.75, 3.05) is 0 Å². The molecule has 0 bridgehead atoms. The number of hydrogen-bond donors (Lipinski definition) is 2. The number of carboxylic acids is 1. The van der Waals surface area contributed by atoms with Gasteiger partial charge in [-0.05, 0) is 13.8 Å². The predicted octanol–water partition coefficient (Wildman–Crippen LogP) is 0.662. The fourth-order valence-electron chi connectivity index (χ4n) is 4.69. The summed E-state index contributed by atoms with van der Waals surface area (Å²) in [5.74, 6) is -1.91. The Balaban J connectivity index is 1.61. The minimum atomic E-state index is -1.06. The van der Waals surface area contributed by atoms with Crippen molar-refractivity contribution in [2.24, 2.45) is 11.8 Å². The third-order valence-corrected chi connectivity index (χ3v) is 7.33. The Morgan fingerprint density at radius 3 is 2.69 bits per heavy atom. The Bertz CT molecular complexity index is 817. The van der Waals surface area contributed by atoms with Crippen LogP contribution in [-0.2, 0) is 22.7 Å². The van der Waals surface area contributed by atoms with Gasteiger partial charge in [-0.25, -0.2) is 4.79 Å². The number of β-lactam (4-membered cyclic amide) rings is 1. The van der Waals surface area contributed by atoms with E-state index in [1.54, 1.807) is 18.7 Å². The molecule has 0 saturated carbocycles. The first-order chi connectivity index (χ1) is 12.2. The third kappa shape index (κ3) is 2.28. The Labute approximate surface area is 156 Å². The van der Waals surface area contributed by atoms with Gasteiger partial charge in [-0.1, -0.05) is 6.92 Å². The second-order valence-corrected chi connectivity index (χ2v) is 8.95. The van der Waals surface area contributed by atoms with Gasteiger partial charge in [0.15, 0.2) is 6.54 Å². The number of carboxylic acid groups (broad SMARTS) is 1. The number of fused-ring (bicyclic) bond motifs is 2. The van der Waals surface area contributed by atoms with Crippen LogP contribution in [0.2, 0.25) is 0 Å². The molecule has 0 unspecified atom stereocenters. The smallest absolute Gasteiger partial charge is 0.353 e. The molecule has 3 aliphatic rings. The maximum Gasteiger partial charge on any atom is 0.353 e. The van der Waals surface area contributed by atoms with Gasteiger partial charge in [0.2, 0.25) is 11.6 Å². The molecule has 3 aliphatic heterocycles. The van der Waals surface area contributed by atoms with E-state index in [0.29, 0.717) is 0 Å².